The molecule has 3 aliphatic rings. The van der Waals surface area contributed by atoms with Gasteiger partial charge >= 0.3 is 0 Å². The van der Waals surface area contributed by atoms with Crippen LogP contribution in [0.25, 0.3) is 0 Å². The Kier molecular flexibility index (Phi) is 7.98. The van der Waals surface area contributed by atoms with Crippen molar-refractivity contribution in [3.63, 3.8) is 0 Å². The van der Waals surface area contributed by atoms with Crippen molar-refractivity contribution in [2.24, 2.45) is 11.8 Å². The van der Waals surface area contributed by atoms with E-state index < -0.39 is 6.29 Å². The van der Waals surface area contributed by atoms with Crippen molar-refractivity contribution in [3.05, 3.63) is 71.0 Å². The number of fused-ring (bicyclic) bond motifs is 1. The zero-order chi connectivity index (χ0) is 25.8. The third kappa shape index (κ3) is 6.26. The molecule has 2 atom stereocenters. The Morgan fingerprint density at radius 3 is 2.43 bits per heavy atom. The summed E-state index contributed by atoms with van der Waals surface area (Å²) in [7, 11) is 0. The minimum atomic E-state index is -0.471. The lowest BCUT2D eigenvalue weighted by atomic mass is 9.90. The number of amides is 1. The van der Waals surface area contributed by atoms with E-state index in [0.717, 1.165) is 42.3 Å². The van der Waals surface area contributed by atoms with Gasteiger partial charge in [-0.3, -0.25) is 9.69 Å². The Bertz CT molecular complexity index is 1110. The van der Waals surface area contributed by atoms with Crippen LogP contribution in [-0.2, 0) is 34.0 Å². The van der Waals surface area contributed by atoms with Crippen molar-refractivity contribution in [1.29, 1.82) is 0 Å². The largest absolute Gasteiger partial charge is 0.459 e. The van der Waals surface area contributed by atoms with E-state index in [4.69, 9.17) is 18.9 Å². The molecule has 2 aromatic carbocycles. The Morgan fingerprint density at radius 2 is 1.70 bits per heavy atom. The highest BCUT2D eigenvalue weighted by atomic mass is 16.7. The molecule has 1 amide bonds. The summed E-state index contributed by atoms with van der Waals surface area (Å²) in [6.45, 7) is 8.71. The molecule has 0 radical (unpaired) electrons. The smallest absolute Gasteiger partial charge is 0.288 e. The molecular weight excluding hydrogens is 472 g/mol. The van der Waals surface area contributed by atoms with Gasteiger partial charge in [0.2, 0.25) is 13.1 Å². The summed E-state index contributed by atoms with van der Waals surface area (Å²) in [5.74, 6) is 2.51. The van der Waals surface area contributed by atoms with E-state index in [0.29, 0.717) is 37.8 Å². The molecule has 1 saturated heterocycles. The monoisotopic (exact) mass is 508 g/mol. The molecule has 0 bridgehead atoms. The first-order valence-electron chi connectivity index (χ1n) is 13.1. The van der Waals surface area contributed by atoms with Crippen molar-refractivity contribution in [2.45, 2.75) is 46.3 Å². The molecule has 3 heterocycles. The van der Waals surface area contributed by atoms with Crippen LogP contribution < -0.4 is 9.47 Å². The lowest BCUT2D eigenvalue weighted by Gasteiger charge is -2.37. The molecule has 2 aromatic rings. The normalized spacial score (nSPS) is 21.6. The van der Waals surface area contributed by atoms with Crippen molar-refractivity contribution < 1.29 is 28.8 Å². The molecule has 37 heavy (non-hydrogen) atoms. The van der Waals surface area contributed by atoms with Gasteiger partial charge in [0.25, 0.3) is 5.91 Å². The molecule has 1 N–H and O–H groups in total. The summed E-state index contributed by atoms with van der Waals surface area (Å²) in [4.78, 5) is 17.6. The SMILES string of the molecule is CC(C)C1C=C(C(=O)N2CCN(Cc3ccc4c(c3)OCO4)CC2)OC(OCc2ccc(CO)cc2)C1. The van der Waals surface area contributed by atoms with Crippen LogP contribution in [0.15, 0.2) is 54.3 Å². The summed E-state index contributed by atoms with van der Waals surface area (Å²) in [5, 5.41) is 9.24. The predicted octanol–water partition coefficient (Wildman–Crippen LogP) is 3.67. The molecule has 8 heteroatoms. The van der Waals surface area contributed by atoms with E-state index >= 15 is 0 Å². The van der Waals surface area contributed by atoms with Crippen LogP contribution in [0.2, 0.25) is 0 Å². The first kappa shape index (κ1) is 25.6. The Hall–Kier alpha value is -3.07. The highest BCUT2D eigenvalue weighted by molar-refractivity contribution is 5.91. The van der Waals surface area contributed by atoms with Gasteiger partial charge in [0.15, 0.2) is 17.3 Å². The summed E-state index contributed by atoms with van der Waals surface area (Å²) in [5.41, 5.74) is 3.04. The molecule has 0 saturated carbocycles. The molecule has 0 aliphatic carbocycles. The van der Waals surface area contributed by atoms with E-state index in [1.54, 1.807) is 0 Å². The van der Waals surface area contributed by atoms with E-state index in [2.05, 4.69) is 24.8 Å². The first-order chi connectivity index (χ1) is 18.0. The van der Waals surface area contributed by atoms with Gasteiger partial charge in [0.1, 0.15) is 0 Å². The van der Waals surface area contributed by atoms with Gasteiger partial charge in [-0.25, -0.2) is 0 Å². The molecule has 1 fully saturated rings. The van der Waals surface area contributed by atoms with Crippen molar-refractivity contribution in [2.75, 3.05) is 33.0 Å². The lowest BCUT2D eigenvalue weighted by Crippen LogP contribution is -2.49. The molecule has 3 aliphatic heterocycles. The third-order valence-electron chi connectivity index (χ3n) is 7.30. The topological polar surface area (TPSA) is 80.7 Å². The fourth-order valence-electron chi connectivity index (χ4n) is 4.89. The van der Waals surface area contributed by atoms with E-state index in [1.807, 2.05) is 47.4 Å². The molecule has 8 nitrogen and oxygen atoms in total. The second-order valence-corrected chi connectivity index (χ2v) is 10.3. The Morgan fingerprint density at radius 1 is 1.00 bits per heavy atom. The number of carbonyl (C=O) groups excluding carboxylic acids is 1. The van der Waals surface area contributed by atoms with Crippen molar-refractivity contribution in [1.82, 2.24) is 9.80 Å². The number of ether oxygens (including phenoxy) is 4. The standard InChI is InChI=1S/C29H36N2O6/c1-20(2)24-14-27(37-28(15-24)34-18-22-5-3-21(17-32)4-6-22)29(33)31-11-9-30(10-12-31)16-23-7-8-25-26(13-23)36-19-35-25/h3-8,13-14,20,24,28,32H,9-12,15-19H2,1-2H3. The number of nitrogens with zero attached hydrogens (tertiary/aromatic N) is 2. The average Bonchev–Trinajstić information content (AvgIpc) is 3.40. The number of hydrogen-bond donors (Lipinski definition) is 1. The minimum Gasteiger partial charge on any atom is -0.459 e. The predicted molar refractivity (Wildman–Crippen MR) is 137 cm³/mol. The molecule has 5 rings (SSSR count). The third-order valence-corrected chi connectivity index (χ3v) is 7.30. The average molecular weight is 509 g/mol. The molecule has 0 aromatic heterocycles. The quantitative estimate of drug-likeness (QED) is 0.583. The molecular formula is C29H36N2O6. The van der Waals surface area contributed by atoms with Crippen LogP contribution in [0, 0.1) is 11.8 Å². The number of piperazine rings is 1. The van der Waals surface area contributed by atoms with Crippen LogP contribution in [0.5, 0.6) is 11.5 Å². The van der Waals surface area contributed by atoms with Crippen LogP contribution >= 0.6 is 0 Å². The highest BCUT2D eigenvalue weighted by Crippen LogP contribution is 2.33. The summed E-state index contributed by atoms with van der Waals surface area (Å²) >= 11 is 0. The fraction of sp³-hybridized carbons (Fsp3) is 0.483. The summed E-state index contributed by atoms with van der Waals surface area (Å²) in [6.07, 6.45) is 2.23. The minimum absolute atomic E-state index is 0.0197. The van der Waals surface area contributed by atoms with Crippen LogP contribution in [0.4, 0.5) is 0 Å². The number of hydrogen-bond acceptors (Lipinski definition) is 7. The molecule has 0 spiro atoms. The van der Waals surface area contributed by atoms with Gasteiger partial charge < -0.3 is 29.0 Å². The number of rotatable bonds is 8. The van der Waals surface area contributed by atoms with Gasteiger partial charge in [0.05, 0.1) is 13.2 Å². The second-order valence-electron chi connectivity index (χ2n) is 10.3. The Balaban J connectivity index is 1.15. The number of aliphatic hydroxyl groups is 1. The number of allylic oxidation sites excluding steroid dienone is 1. The van der Waals surface area contributed by atoms with Gasteiger partial charge in [-0.2, -0.15) is 0 Å². The van der Waals surface area contributed by atoms with E-state index in [9.17, 15) is 9.90 Å². The van der Waals surface area contributed by atoms with Crippen molar-refractivity contribution in [3.8, 4) is 11.5 Å². The van der Waals surface area contributed by atoms with Gasteiger partial charge in [-0.15, -0.1) is 0 Å². The molecule has 2 unspecified atom stereocenters. The zero-order valence-corrected chi connectivity index (χ0v) is 21.6. The van der Waals surface area contributed by atoms with Crippen LogP contribution in [0.3, 0.4) is 0 Å². The maximum atomic E-state index is 13.4. The van der Waals surface area contributed by atoms with Gasteiger partial charge in [0, 0.05) is 39.1 Å². The first-order valence-corrected chi connectivity index (χ1v) is 13.1. The zero-order valence-electron chi connectivity index (χ0n) is 21.6. The summed E-state index contributed by atoms with van der Waals surface area (Å²) in [6, 6.07) is 13.7. The van der Waals surface area contributed by atoms with Gasteiger partial charge in [-0.05, 0) is 46.7 Å². The second kappa shape index (κ2) is 11.5. The highest BCUT2D eigenvalue weighted by Gasteiger charge is 2.32. The van der Waals surface area contributed by atoms with Crippen molar-refractivity contribution >= 4 is 5.91 Å². The maximum absolute atomic E-state index is 13.4. The summed E-state index contributed by atoms with van der Waals surface area (Å²) < 4.78 is 23.1. The molecule has 198 valence electrons. The van der Waals surface area contributed by atoms with E-state index in [-0.39, 0.29) is 25.2 Å². The number of benzene rings is 2. The number of aliphatic hydroxyl groups excluding tert-OH is 1. The van der Waals surface area contributed by atoms with E-state index in [1.165, 1.54) is 5.56 Å². The van der Waals surface area contributed by atoms with Crippen LogP contribution in [0.1, 0.15) is 37.0 Å². The fourth-order valence-corrected chi connectivity index (χ4v) is 4.89. The van der Waals surface area contributed by atoms with Gasteiger partial charge in [-0.1, -0.05) is 44.2 Å². The maximum Gasteiger partial charge on any atom is 0.288 e. The van der Waals surface area contributed by atoms with Crippen LogP contribution in [-0.4, -0.2) is 60.1 Å². The lowest BCUT2D eigenvalue weighted by molar-refractivity contribution is -0.160. The Labute approximate surface area is 218 Å². The number of carbonyl (C=O) groups is 1.